The predicted molar refractivity (Wildman–Crippen MR) is 328 cm³/mol. The third-order valence-electron chi connectivity index (χ3n) is 22.9. The molecule has 80 heavy (non-hydrogen) atoms. The molecule has 6 aromatic rings. The van der Waals surface area contributed by atoms with Crippen molar-refractivity contribution in [3.63, 3.8) is 0 Å². The van der Waals surface area contributed by atoms with E-state index in [-0.39, 0.29) is 0 Å². The standard InChI is InChI=1S/C76H78N4/c1-5-21-45(22-6-1)65-69-57-37-49-29-13-15-31-51(49)39-59(57)71(77-69)66(46-23-7-2-8-24-46)73-61-41-53-33-17-19-35-55(53)43-63(61)75(79-73)68(48-27-11-4-12-28-48)76-64-44-56-36-20-18-34-54(56)42-62(64)74(80-76)67(47-25-9-3-10-26-47)72-60-40-52-32-16-14-30-50(52)38-58(60)70(65)78-72/h1-12,21-28,49-56,77,80H,13-20,29-44H2. The van der Waals surface area contributed by atoms with E-state index in [1.165, 1.54) is 214 Å². The van der Waals surface area contributed by atoms with E-state index in [0.29, 0.717) is 47.3 Å². The van der Waals surface area contributed by atoms with Gasteiger partial charge in [-0.25, -0.2) is 9.98 Å². The van der Waals surface area contributed by atoms with Crippen LogP contribution in [0.15, 0.2) is 165 Å². The number of H-pyrrole nitrogens is 2. The van der Waals surface area contributed by atoms with Gasteiger partial charge in [0.1, 0.15) is 0 Å². The molecule has 0 amide bonds. The second kappa shape index (κ2) is 19.6. The lowest BCUT2D eigenvalue weighted by Gasteiger charge is -2.37. The first-order chi connectivity index (χ1) is 39.7. The van der Waals surface area contributed by atoms with Gasteiger partial charge in [0, 0.05) is 22.3 Å². The molecular formula is C76H78N4. The first kappa shape index (κ1) is 48.2. The predicted octanol–water partition coefficient (Wildman–Crippen LogP) is 16.5. The van der Waals surface area contributed by atoms with Gasteiger partial charge in [-0.1, -0.05) is 173 Å². The Bertz CT molecular complexity index is 3570. The number of hydrogen-bond donors (Lipinski definition) is 2. The highest BCUT2D eigenvalue weighted by atomic mass is 14.9. The van der Waals surface area contributed by atoms with E-state index in [2.05, 4.69) is 131 Å². The van der Waals surface area contributed by atoms with E-state index in [1.54, 1.807) is 22.3 Å². The highest BCUT2D eigenvalue weighted by molar-refractivity contribution is 6.35. The second-order valence-electron chi connectivity index (χ2n) is 27.0. The van der Waals surface area contributed by atoms with Crippen LogP contribution in [-0.4, -0.2) is 21.4 Å². The molecule has 11 aliphatic rings. The van der Waals surface area contributed by atoms with Crippen LogP contribution in [0.2, 0.25) is 0 Å². The van der Waals surface area contributed by atoms with E-state index in [0.717, 1.165) is 51.4 Å². The fraction of sp³-hybridized carbons (Fsp3) is 0.421. The molecule has 4 nitrogen and oxygen atoms in total. The van der Waals surface area contributed by atoms with Crippen LogP contribution in [0, 0.1) is 47.3 Å². The van der Waals surface area contributed by atoms with Gasteiger partial charge in [-0.05, 0) is 217 Å². The Balaban J connectivity index is 1.08. The fourth-order valence-corrected chi connectivity index (χ4v) is 19.1. The van der Waals surface area contributed by atoms with Crippen LogP contribution in [0.5, 0.6) is 0 Å². The Hall–Kier alpha value is -6.52. The summed E-state index contributed by atoms with van der Waals surface area (Å²) in [6, 6.07) is 46.5. The Kier molecular flexibility index (Phi) is 11.8. The number of benzene rings is 4. The maximum atomic E-state index is 6.45. The lowest BCUT2D eigenvalue weighted by molar-refractivity contribution is 0.221. The molecule has 4 heterocycles. The summed E-state index contributed by atoms with van der Waals surface area (Å²) in [7, 11) is 0. The zero-order valence-electron chi connectivity index (χ0n) is 47.0. The number of nitrogens with zero attached hydrogens (tertiary/aromatic N) is 2. The number of aromatic amines is 2. The van der Waals surface area contributed by atoms with Gasteiger partial charge < -0.3 is 9.97 Å². The smallest absolute Gasteiger partial charge is 0.0772 e. The van der Waals surface area contributed by atoms with E-state index in [1.807, 2.05) is 0 Å². The molecule has 2 aromatic heterocycles. The fourth-order valence-electron chi connectivity index (χ4n) is 19.1. The van der Waals surface area contributed by atoms with Crippen molar-refractivity contribution in [2.24, 2.45) is 57.3 Å². The van der Waals surface area contributed by atoms with Crippen molar-refractivity contribution in [3.05, 3.63) is 222 Å². The molecule has 4 aromatic carbocycles. The maximum Gasteiger partial charge on any atom is 0.0772 e. The van der Waals surface area contributed by atoms with Crippen molar-refractivity contribution in [1.82, 2.24) is 9.97 Å². The summed E-state index contributed by atoms with van der Waals surface area (Å²) in [4.78, 5) is 22.1. The molecule has 8 unspecified atom stereocenters. The average molecular weight is 1050 g/mol. The topological polar surface area (TPSA) is 56.3 Å². The van der Waals surface area contributed by atoms with Crippen molar-refractivity contribution >= 4 is 33.7 Å². The summed E-state index contributed by atoms with van der Waals surface area (Å²) in [6.07, 6.45) is 30.4. The van der Waals surface area contributed by atoms with Crippen LogP contribution in [0.1, 0.15) is 184 Å². The minimum atomic E-state index is 0.691. The number of aliphatic imine (C=N–C) groups is 2. The Labute approximate surface area is 474 Å². The minimum absolute atomic E-state index is 0.691. The molecule has 4 heteroatoms. The van der Waals surface area contributed by atoms with Gasteiger partial charge in [0.05, 0.1) is 44.9 Å². The molecule has 4 saturated carbocycles. The van der Waals surface area contributed by atoms with Crippen molar-refractivity contribution in [2.75, 3.05) is 0 Å². The second-order valence-corrected chi connectivity index (χ2v) is 27.0. The van der Waals surface area contributed by atoms with Crippen molar-refractivity contribution in [3.8, 4) is 0 Å². The molecule has 17 rings (SSSR count). The van der Waals surface area contributed by atoms with Crippen LogP contribution in [-0.2, 0) is 25.7 Å². The molecule has 8 atom stereocenters. The van der Waals surface area contributed by atoms with Gasteiger partial charge in [0.25, 0.3) is 0 Å². The van der Waals surface area contributed by atoms with E-state index >= 15 is 0 Å². The van der Waals surface area contributed by atoms with Crippen molar-refractivity contribution in [1.29, 1.82) is 0 Å². The average Bonchev–Trinajstić information content (AvgIpc) is 4.35. The monoisotopic (exact) mass is 1050 g/mol. The first-order valence-electron chi connectivity index (χ1n) is 32.2. The maximum absolute atomic E-state index is 6.45. The summed E-state index contributed by atoms with van der Waals surface area (Å²) in [5.74, 6) is 5.55. The Morgan fingerprint density at radius 1 is 0.275 bits per heavy atom. The van der Waals surface area contributed by atoms with Crippen LogP contribution >= 0.6 is 0 Å². The molecule has 4 fully saturated rings. The minimum Gasteiger partial charge on any atom is -0.354 e. The normalized spacial score (nSPS) is 28.7. The van der Waals surface area contributed by atoms with Gasteiger partial charge in [0.2, 0.25) is 0 Å². The molecule has 0 spiro atoms. The molecule has 2 N–H and O–H groups in total. The lowest BCUT2D eigenvalue weighted by Crippen LogP contribution is -2.33. The SMILES string of the molecule is c1ccc(C2=C3N=C(C4=C3CC3CCCCC3C4)C(c3ccccc3)=c3[nH]c(c4c3CC3CCCCC3C4)=C(c3ccccc3)C3=NC(=C(c4ccccc4)c4[nH]c2c2c4CC4CCCCC4C2)C2=C3CC3CCCCC3C2)cc1. The molecular weight excluding hydrogens is 969 g/mol. The van der Waals surface area contributed by atoms with Gasteiger partial charge >= 0.3 is 0 Å². The van der Waals surface area contributed by atoms with Gasteiger partial charge in [0.15, 0.2) is 0 Å². The summed E-state index contributed by atoms with van der Waals surface area (Å²) < 4.78 is 0. The summed E-state index contributed by atoms with van der Waals surface area (Å²) >= 11 is 0. The van der Waals surface area contributed by atoms with Gasteiger partial charge in [-0.3, -0.25) is 0 Å². The number of aromatic nitrogens is 2. The van der Waals surface area contributed by atoms with Crippen LogP contribution in [0.25, 0.3) is 22.3 Å². The lowest BCUT2D eigenvalue weighted by atomic mass is 9.66. The zero-order chi connectivity index (χ0) is 52.4. The highest BCUT2D eigenvalue weighted by Gasteiger charge is 2.45. The van der Waals surface area contributed by atoms with E-state index < -0.39 is 0 Å². The number of fused-ring (bicyclic) bond motifs is 4. The van der Waals surface area contributed by atoms with Crippen LogP contribution < -0.4 is 10.7 Å². The third-order valence-corrected chi connectivity index (χ3v) is 22.9. The summed E-state index contributed by atoms with van der Waals surface area (Å²) in [5, 5.41) is 2.66. The Morgan fingerprint density at radius 3 is 0.875 bits per heavy atom. The molecule has 2 aliphatic heterocycles. The van der Waals surface area contributed by atoms with Crippen LogP contribution in [0.3, 0.4) is 0 Å². The van der Waals surface area contributed by atoms with Gasteiger partial charge in [-0.15, -0.1) is 0 Å². The largest absolute Gasteiger partial charge is 0.354 e. The van der Waals surface area contributed by atoms with Crippen molar-refractivity contribution in [2.45, 2.75) is 154 Å². The third kappa shape index (κ3) is 7.79. The van der Waals surface area contributed by atoms with Gasteiger partial charge in [-0.2, -0.15) is 0 Å². The number of hydrogen-bond acceptors (Lipinski definition) is 2. The van der Waals surface area contributed by atoms with E-state index in [4.69, 9.17) is 9.98 Å². The summed E-state index contributed by atoms with van der Waals surface area (Å²) in [6.45, 7) is 0. The summed E-state index contributed by atoms with van der Waals surface area (Å²) in [5.41, 5.74) is 30.5. The zero-order valence-corrected chi connectivity index (χ0v) is 47.0. The van der Waals surface area contributed by atoms with Crippen LogP contribution in [0.4, 0.5) is 0 Å². The number of nitrogens with one attached hydrogen (secondary N) is 2. The molecule has 0 radical (unpaired) electrons. The highest BCUT2D eigenvalue weighted by Crippen LogP contribution is 2.56. The molecule has 9 aliphatic carbocycles. The number of rotatable bonds is 4. The molecule has 402 valence electrons. The van der Waals surface area contributed by atoms with Crippen molar-refractivity contribution < 1.29 is 0 Å². The number of allylic oxidation sites excluding steroid dienone is 4. The Morgan fingerprint density at radius 2 is 0.550 bits per heavy atom. The first-order valence-corrected chi connectivity index (χ1v) is 32.2. The van der Waals surface area contributed by atoms with E-state index in [9.17, 15) is 0 Å². The quantitative estimate of drug-likeness (QED) is 0.177. The molecule has 0 saturated heterocycles. The molecule has 8 bridgehead atoms.